The average Bonchev–Trinajstić information content (AvgIpc) is 2.68. The predicted molar refractivity (Wildman–Crippen MR) is 106 cm³/mol. The van der Waals surface area contributed by atoms with Crippen LogP contribution in [0.4, 0.5) is 5.95 Å². The molecule has 0 saturated carbocycles. The third-order valence-corrected chi connectivity index (χ3v) is 6.25. The molecule has 1 fully saturated rings. The van der Waals surface area contributed by atoms with E-state index >= 15 is 0 Å². The Kier molecular flexibility index (Phi) is 5.99. The summed E-state index contributed by atoms with van der Waals surface area (Å²) in [6.07, 6.45) is 7.95. The molecule has 27 heavy (non-hydrogen) atoms. The molecule has 0 amide bonds. The van der Waals surface area contributed by atoms with Gasteiger partial charge in [-0.15, -0.1) is 0 Å². The minimum Gasteiger partial charge on any atom is -0.490 e. The van der Waals surface area contributed by atoms with Crippen molar-refractivity contribution in [1.29, 1.82) is 0 Å². The van der Waals surface area contributed by atoms with Gasteiger partial charge in [0.15, 0.2) is 9.84 Å². The highest BCUT2D eigenvalue weighted by Gasteiger charge is 2.26. The quantitative estimate of drug-likeness (QED) is 0.756. The molecule has 2 heterocycles. The van der Waals surface area contributed by atoms with Crippen molar-refractivity contribution in [2.45, 2.75) is 44.1 Å². The summed E-state index contributed by atoms with van der Waals surface area (Å²) in [5.41, 5.74) is 1.15. The first-order valence-corrected chi connectivity index (χ1v) is 11.3. The van der Waals surface area contributed by atoms with Crippen molar-refractivity contribution in [3.63, 3.8) is 0 Å². The van der Waals surface area contributed by atoms with E-state index in [0.29, 0.717) is 11.7 Å². The monoisotopic (exact) mass is 389 g/mol. The van der Waals surface area contributed by atoms with Gasteiger partial charge in [-0.2, -0.15) is 0 Å². The Morgan fingerprint density at radius 2 is 1.89 bits per heavy atom. The summed E-state index contributed by atoms with van der Waals surface area (Å²) in [5.74, 6) is 1.81. The topological polar surface area (TPSA) is 72.4 Å². The number of aryl methyl sites for hydroxylation is 1. The van der Waals surface area contributed by atoms with Gasteiger partial charge in [-0.1, -0.05) is 13.0 Å². The summed E-state index contributed by atoms with van der Waals surface area (Å²) >= 11 is 0. The van der Waals surface area contributed by atoms with Crippen LogP contribution in [0.2, 0.25) is 0 Å². The fourth-order valence-electron chi connectivity index (χ4n) is 3.35. The summed E-state index contributed by atoms with van der Waals surface area (Å²) in [7, 11) is -3.23. The second-order valence-electron chi connectivity index (χ2n) is 7.14. The van der Waals surface area contributed by atoms with E-state index in [2.05, 4.69) is 28.7 Å². The summed E-state index contributed by atoms with van der Waals surface area (Å²) in [5, 5.41) is 0. The number of nitrogens with zero attached hydrogens (tertiary/aromatic N) is 3. The maximum Gasteiger partial charge on any atom is 0.225 e. The van der Waals surface area contributed by atoms with Gasteiger partial charge in [-0.05, 0) is 55.9 Å². The van der Waals surface area contributed by atoms with Gasteiger partial charge in [0.25, 0.3) is 0 Å². The van der Waals surface area contributed by atoms with Gasteiger partial charge in [0.1, 0.15) is 5.75 Å². The van der Waals surface area contributed by atoms with E-state index in [1.165, 1.54) is 6.26 Å². The van der Waals surface area contributed by atoms with E-state index in [-0.39, 0.29) is 11.0 Å². The van der Waals surface area contributed by atoms with Crippen molar-refractivity contribution in [1.82, 2.24) is 9.97 Å². The largest absolute Gasteiger partial charge is 0.490 e. The van der Waals surface area contributed by atoms with E-state index in [9.17, 15) is 8.42 Å². The maximum atomic E-state index is 11.7. The highest BCUT2D eigenvalue weighted by Crippen LogP contribution is 2.27. The number of piperidine rings is 1. The zero-order chi connectivity index (χ0) is 19.4. The zero-order valence-corrected chi connectivity index (χ0v) is 16.9. The second kappa shape index (κ2) is 8.25. The molecule has 0 N–H and O–H groups in total. The smallest absolute Gasteiger partial charge is 0.225 e. The molecular weight excluding hydrogens is 362 g/mol. The van der Waals surface area contributed by atoms with Crippen LogP contribution in [-0.4, -0.2) is 43.8 Å². The molecular formula is C20H27N3O3S. The Bertz CT molecular complexity index is 860. The third kappa shape index (κ3) is 4.97. The molecule has 0 aliphatic carbocycles. The van der Waals surface area contributed by atoms with Crippen LogP contribution in [0.1, 0.15) is 32.3 Å². The standard InChI is InChI=1S/C20H27N3O3S/c1-4-16-13-21-20(22-14-16)23-10-8-17(9-11-23)15(2)26-18-6-5-7-19(12-18)27(3,24)25/h5-7,12-15,17H,4,8-11H2,1-3H3/t15-/m1/s1. The van der Waals surface area contributed by atoms with E-state index in [0.717, 1.165) is 43.9 Å². The van der Waals surface area contributed by atoms with Crippen LogP contribution >= 0.6 is 0 Å². The Morgan fingerprint density at radius 3 is 2.48 bits per heavy atom. The van der Waals surface area contributed by atoms with Crippen LogP contribution in [0.25, 0.3) is 0 Å². The molecule has 7 heteroatoms. The molecule has 2 aromatic rings. The van der Waals surface area contributed by atoms with Crippen LogP contribution in [-0.2, 0) is 16.3 Å². The lowest BCUT2D eigenvalue weighted by Crippen LogP contribution is -2.39. The van der Waals surface area contributed by atoms with Crippen LogP contribution in [0.3, 0.4) is 0 Å². The van der Waals surface area contributed by atoms with Crippen molar-refractivity contribution >= 4 is 15.8 Å². The first kappa shape index (κ1) is 19.6. The van der Waals surface area contributed by atoms with E-state index < -0.39 is 9.84 Å². The molecule has 0 bridgehead atoms. The van der Waals surface area contributed by atoms with Crippen molar-refractivity contribution in [2.24, 2.45) is 5.92 Å². The fraction of sp³-hybridized carbons (Fsp3) is 0.500. The van der Waals surface area contributed by atoms with Crippen LogP contribution < -0.4 is 9.64 Å². The number of anilines is 1. The van der Waals surface area contributed by atoms with Crippen molar-refractivity contribution in [3.8, 4) is 5.75 Å². The molecule has 3 rings (SSSR count). The Morgan fingerprint density at radius 1 is 1.22 bits per heavy atom. The van der Waals surface area contributed by atoms with Gasteiger partial charge in [0.05, 0.1) is 11.0 Å². The summed E-state index contributed by atoms with van der Waals surface area (Å²) in [4.78, 5) is 11.4. The number of benzene rings is 1. The van der Waals surface area contributed by atoms with Gasteiger partial charge in [-0.25, -0.2) is 18.4 Å². The number of ether oxygens (including phenoxy) is 1. The molecule has 6 nitrogen and oxygen atoms in total. The second-order valence-corrected chi connectivity index (χ2v) is 9.16. The number of hydrogen-bond acceptors (Lipinski definition) is 6. The Labute approximate surface area is 161 Å². The van der Waals surface area contributed by atoms with Crippen molar-refractivity contribution in [3.05, 3.63) is 42.2 Å². The van der Waals surface area contributed by atoms with Gasteiger partial charge < -0.3 is 9.64 Å². The summed E-state index contributed by atoms with van der Waals surface area (Å²) < 4.78 is 29.5. The number of sulfone groups is 1. The highest BCUT2D eigenvalue weighted by atomic mass is 32.2. The first-order chi connectivity index (χ1) is 12.9. The molecule has 146 valence electrons. The normalized spacial score (nSPS) is 16.9. The molecule has 1 aliphatic heterocycles. The lowest BCUT2D eigenvalue weighted by Gasteiger charge is -2.34. The molecule has 1 aromatic carbocycles. The minimum absolute atomic E-state index is 0.0188. The SMILES string of the molecule is CCc1cnc(N2CCC([C@@H](C)Oc3cccc(S(C)(=O)=O)c3)CC2)nc1. The van der Waals surface area contributed by atoms with Gasteiger partial charge in [0, 0.05) is 31.7 Å². The average molecular weight is 390 g/mol. The molecule has 0 spiro atoms. The summed E-state index contributed by atoms with van der Waals surface area (Å²) in [6, 6.07) is 6.72. The lowest BCUT2D eigenvalue weighted by atomic mass is 9.92. The maximum absolute atomic E-state index is 11.7. The number of aromatic nitrogens is 2. The molecule has 0 unspecified atom stereocenters. The number of hydrogen-bond donors (Lipinski definition) is 0. The Balaban J connectivity index is 1.57. The van der Waals surface area contributed by atoms with Gasteiger partial charge in [-0.3, -0.25) is 0 Å². The van der Waals surface area contributed by atoms with E-state index in [4.69, 9.17) is 4.74 Å². The van der Waals surface area contributed by atoms with Crippen LogP contribution in [0.5, 0.6) is 5.75 Å². The molecule has 0 radical (unpaired) electrons. The van der Waals surface area contributed by atoms with Crippen LogP contribution in [0, 0.1) is 5.92 Å². The van der Waals surface area contributed by atoms with Crippen LogP contribution in [0.15, 0.2) is 41.6 Å². The molecule has 1 saturated heterocycles. The zero-order valence-electron chi connectivity index (χ0n) is 16.1. The molecule has 1 aliphatic rings. The van der Waals surface area contributed by atoms with Gasteiger partial charge >= 0.3 is 0 Å². The number of rotatable bonds is 6. The minimum atomic E-state index is -3.23. The first-order valence-electron chi connectivity index (χ1n) is 9.39. The highest BCUT2D eigenvalue weighted by molar-refractivity contribution is 7.90. The fourth-order valence-corrected chi connectivity index (χ4v) is 4.01. The molecule has 1 atom stereocenters. The van der Waals surface area contributed by atoms with E-state index in [1.807, 2.05) is 18.5 Å². The lowest BCUT2D eigenvalue weighted by molar-refractivity contribution is 0.132. The van der Waals surface area contributed by atoms with Crippen molar-refractivity contribution in [2.75, 3.05) is 24.2 Å². The Hall–Kier alpha value is -2.15. The van der Waals surface area contributed by atoms with E-state index in [1.54, 1.807) is 18.2 Å². The summed E-state index contributed by atoms with van der Waals surface area (Å²) in [6.45, 7) is 5.94. The van der Waals surface area contributed by atoms with Crippen molar-refractivity contribution < 1.29 is 13.2 Å². The third-order valence-electron chi connectivity index (χ3n) is 5.14. The van der Waals surface area contributed by atoms with Gasteiger partial charge in [0.2, 0.25) is 5.95 Å². The predicted octanol–water partition coefficient (Wildman–Crippen LogP) is 3.13. The molecule has 1 aromatic heterocycles.